The van der Waals surface area contributed by atoms with Crippen LogP contribution in [-0.2, 0) is 22.5 Å². The van der Waals surface area contributed by atoms with E-state index in [0.29, 0.717) is 44.2 Å². The summed E-state index contributed by atoms with van der Waals surface area (Å²) in [6, 6.07) is -0.104. The summed E-state index contributed by atoms with van der Waals surface area (Å²) >= 11 is 0. The van der Waals surface area contributed by atoms with E-state index in [0.717, 1.165) is 30.9 Å². The maximum atomic E-state index is 12.7. The molecule has 0 aliphatic carbocycles. The zero-order chi connectivity index (χ0) is 20.4. The largest absolute Gasteiger partial charge is 0.448 e. The summed E-state index contributed by atoms with van der Waals surface area (Å²) in [5.41, 5.74) is 0.323. The molecule has 1 atom stereocenters. The molecule has 0 aromatic carbocycles. The molecule has 2 aromatic rings. The van der Waals surface area contributed by atoms with Crippen molar-refractivity contribution in [2.45, 2.75) is 45.2 Å². The number of nitrogens with zero attached hydrogens (tertiary/aromatic N) is 6. The average molecular weight is 402 g/mol. The van der Waals surface area contributed by atoms with Crippen LogP contribution in [0.3, 0.4) is 0 Å². The van der Waals surface area contributed by atoms with Gasteiger partial charge in [-0.05, 0) is 19.3 Å². The Morgan fingerprint density at radius 2 is 2.07 bits per heavy atom. The van der Waals surface area contributed by atoms with Crippen LogP contribution in [0.15, 0.2) is 10.7 Å². The zero-order valence-electron chi connectivity index (χ0n) is 16.8. The van der Waals surface area contributed by atoms with E-state index in [9.17, 15) is 9.59 Å². The van der Waals surface area contributed by atoms with Crippen LogP contribution in [0.4, 0.5) is 0 Å². The molecule has 2 aliphatic rings. The van der Waals surface area contributed by atoms with Crippen LogP contribution >= 0.6 is 0 Å². The Morgan fingerprint density at radius 1 is 1.21 bits per heavy atom. The molecule has 0 bridgehead atoms. The smallest absolute Gasteiger partial charge is 0.275 e. The van der Waals surface area contributed by atoms with Gasteiger partial charge in [0.25, 0.3) is 5.91 Å². The molecule has 0 N–H and O–H groups in total. The van der Waals surface area contributed by atoms with Crippen molar-refractivity contribution >= 4 is 11.8 Å². The van der Waals surface area contributed by atoms with Crippen LogP contribution < -0.4 is 0 Å². The first kappa shape index (κ1) is 19.6. The highest BCUT2D eigenvalue weighted by atomic mass is 16.5. The molecule has 0 radical (unpaired) electrons. The number of fused-ring (bicyclic) bond motifs is 1. The number of carbonyl (C=O) groups excluding carboxylic acids is 2. The lowest BCUT2D eigenvalue weighted by Crippen LogP contribution is -2.41. The van der Waals surface area contributed by atoms with E-state index in [2.05, 4.69) is 19.7 Å². The van der Waals surface area contributed by atoms with Crippen molar-refractivity contribution in [3.8, 4) is 0 Å². The van der Waals surface area contributed by atoms with Crippen molar-refractivity contribution in [1.82, 2.24) is 29.5 Å². The van der Waals surface area contributed by atoms with Gasteiger partial charge in [-0.1, -0.05) is 0 Å². The van der Waals surface area contributed by atoms with E-state index >= 15 is 0 Å². The number of aryl methyl sites for hydroxylation is 1. The van der Waals surface area contributed by atoms with E-state index < -0.39 is 0 Å². The molecule has 2 aromatic heterocycles. The minimum atomic E-state index is -0.142. The van der Waals surface area contributed by atoms with Crippen molar-refractivity contribution < 1.29 is 18.7 Å². The van der Waals surface area contributed by atoms with Gasteiger partial charge in [-0.2, -0.15) is 0 Å². The van der Waals surface area contributed by atoms with Crippen molar-refractivity contribution in [2.75, 3.05) is 33.4 Å². The van der Waals surface area contributed by atoms with Gasteiger partial charge >= 0.3 is 0 Å². The van der Waals surface area contributed by atoms with E-state index in [1.54, 1.807) is 11.8 Å². The third-order valence-corrected chi connectivity index (χ3v) is 5.57. The molecule has 2 amide bonds. The fourth-order valence-electron chi connectivity index (χ4n) is 4.12. The highest BCUT2D eigenvalue weighted by Gasteiger charge is 2.33. The standard InChI is InChI=1S/C19H26N6O4/c1-13-20-14(11-29-13)19(27)23-8-6-16-21-22-18(25(16)10-9-23)15-5-3-4-7-24(15)17(26)12-28-2/h11,15H,3-10,12H2,1-2H3. The van der Waals surface area contributed by atoms with Gasteiger partial charge in [0.1, 0.15) is 18.7 Å². The topological polar surface area (TPSA) is 107 Å². The minimum absolute atomic E-state index is 0.0265. The summed E-state index contributed by atoms with van der Waals surface area (Å²) in [5, 5.41) is 8.81. The van der Waals surface area contributed by atoms with Gasteiger partial charge in [-0.25, -0.2) is 4.98 Å². The molecule has 1 saturated heterocycles. The second kappa shape index (κ2) is 8.32. The SMILES string of the molecule is COCC(=O)N1CCCCC1c1nnc2n1CCN(C(=O)c1coc(C)n1)CC2. The molecule has 4 heterocycles. The summed E-state index contributed by atoms with van der Waals surface area (Å²) in [5.74, 6) is 1.95. The third-order valence-electron chi connectivity index (χ3n) is 5.57. The number of amides is 2. The van der Waals surface area contributed by atoms with Gasteiger partial charge in [-0.3, -0.25) is 9.59 Å². The number of likely N-dealkylation sites (tertiary alicyclic amines) is 1. The first-order valence-electron chi connectivity index (χ1n) is 10.00. The van der Waals surface area contributed by atoms with Gasteiger partial charge in [0.15, 0.2) is 17.4 Å². The zero-order valence-corrected chi connectivity index (χ0v) is 16.8. The van der Waals surface area contributed by atoms with Gasteiger partial charge in [0.05, 0.1) is 6.04 Å². The minimum Gasteiger partial charge on any atom is -0.448 e. The number of carbonyl (C=O) groups is 2. The summed E-state index contributed by atoms with van der Waals surface area (Å²) in [6.45, 7) is 4.14. The molecule has 10 nitrogen and oxygen atoms in total. The van der Waals surface area contributed by atoms with Crippen LogP contribution in [0.1, 0.15) is 53.3 Å². The first-order valence-corrected chi connectivity index (χ1v) is 10.00. The van der Waals surface area contributed by atoms with Crippen LogP contribution in [0.25, 0.3) is 0 Å². The van der Waals surface area contributed by atoms with Crippen molar-refractivity contribution in [2.24, 2.45) is 0 Å². The second-order valence-corrected chi connectivity index (χ2v) is 7.45. The predicted molar refractivity (Wildman–Crippen MR) is 101 cm³/mol. The predicted octanol–water partition coefficient (Wildman–Crippen LogP) is 0.973. The Balaban J connectivity index is 1.52. The number of methoxy groups -OCH3 is 1. The summed E-state index contributed by atoms with van der Waals surface area (Å²) in [4.78, 5) is 33.0. The Labute approximate surface area is 168 Å². The molecule has 1 fully saturated rings. The molecular weight excluding hydrogens is 376 g/mol. The highest BCUT2D eigenvalue weighted by Crippen LogP contribution is 2.31. The normalized spacial score (nSPS) is 19.7. The lowest BCUT2D eigenvalue weighted by molar-refractivity contribution is -0.139. The van der Waals surface area contributed by atoms with Gasteiger partial charge in [0, 0.05) is 46.6 Å². The summed E-state index contributed by atoms with van der Waals surface area (Å²) in [7, 11) is 1.53. The van der Waals surface area contributed by atoms with Gasteiger partial charge < -0.3 is 23.5 Å². The Hall–Kier alpha value is -2.75. The van der Waals surface area contributed by atoms with Crippen molar-refractivity contribution in [1.29, 1.82) is 0 Å². The summed E-state index contributed by atoms with van der Waals surface area (Å²) < 4.78 is 12.3. The van der Waals surface area contributed by atoms with E-state index in [-0.39, 0.29) is 24.5 Å². The molecule has 10 heteroatoms. The molecule has 156 valence electrons. The van der Waals surface area contributed by atoms with Crippen LogP contribution in [-0.4, -0.2) is 74.7 Å². The van der Waals surface area contributed by atoms with Gasteiger partial charge in [-0.15, -0.1) is 10.2 Å². The number of aromatic nitrogens is 4. The molecule has 0 saturated carbocycles. The molecule has 1 unspecified atom stereocenters. The number of hydrogen-bond acceptors (Lipinski definition) is 7. The highest BCUT2D eigenvalue weighted by molar-refractivity contribution is 5.92. The van der Waals surface area contributed by atoms with E-state index in [4.69, 9.17) is 9.15 Å². The molecular formula is C19H26N6O4. The maximum Gasteiger partial charge on any atom is 0.275 e. The van der Waals surface area contributed by atoms with E-state index in [1.165, 1.54) is 13.4 Å². The molecule has 29 heavy (non-hydrogen) atoms. The first-order chi connectivity index (χ1) is 14.1. The lowest BCUT2D eigenvalue weighted by atomic mass is 10.0. The van der Waals surface area contributed by atoms with Crippen molar-refractivity contribution in [3.05, 3.63) is 29.5 Å². The fraction of sp³-hybridized carbons (Fsp3) is 0.632. The summed E-state index contributed by atoms with van der Waals surface area (Å²) in [6.07, 6.45) is 4.88. The average Bonchev–Trinajstić information content (AvgIpc) is 3.28. The molecule has 4 rings (SSSR count). The molecule has 0 spiro atoms. The van der Waals surface area contributed by atoms with Gasteiger partial charge in [0.2, 0.25) is 5.91 Å². The number of ether oxygens (including phenoxy) is 1. The quantitative estimate of drug-likeness (QED) is 0.750. The number of oxazole rings is 1. The number of hydrogen-bond donors (Lipinski definition) is 0. The van der Waals surface area contributed by atoms with Crippen LogP contribution in [0.5, 0.6) is 0 Å². The Kier molecular flexibility index (Phi) is 5.61. The Morgan fingerprint density at radius 3 is 2.83 bits per heavy atom. The Bertz CT molecular complexity index is 891. The maximum absolute atomic E-state index is 12.7. The van der Waals surface area contributed by atoms with Crippen LogP contribution in [0.2, 0.25) is 0 Å². The van der Waals surface area contributed by atoms with E-state index in [1.807, 2.05) is 4.90 Å². The lowest BCUT2D eigenvalue weighted by Gasteiger charge is -2.35. The molecule has 2 aliphatic heterocycles. The third kappa shape index (κ3) is 3.89. The number of rotatable bonds is 4. The second-order valence-electron chi connectivity index (χ2n) is 7.45. The van der Waals surface area contributed by atoms with Crippen molar-refractivity contribution in [3.63, 3.8) is 0 Å². The fourth-order valence-corrected chi connectivity index (χ4v) is 4.12. The number of piperidine rings is 1. The van der Waals surface area contributed by atoms with Crippen LogP contribution in [0, 0.1) is 6.92 Å². The monoisotopic (exact) mass is 402 g/mol.